The van der Waals surface area contributed by atoms with Gasteiger partial charge in [0.25, 0.3) is 0 Å². The molecule has 0 bridgehead atoms. The largest absolute Gasteiger partial charge is 0.317 e. The van der Waals surface area contributed by atoms with Crippen LogP contribution in [0.25, 0.3) is 11.0 Å². The number of benzene rings is 1. The van der Waals surface area contributed by atoms with Crippen molar-refractivity contribution in [1.29, 1.82) is 0 Å². The van der Waals surface area contributed by atoms with Gasteiger partial charge in [-0.3, -0.25) is 4.98 Å². The van der Waals surface area contributed by atoms with Crippen molar-refractivity contribution in [2.24, 2.45) is 0 Å². The lowest BCUT2D eigenvalue weighted by Gasteiger charge is -2.21. The number of hydrogen-bond donors (Lipinski definition) is 1. The maximum atomic E-state index is 4.65. The number of hydrogen-bond acceptors (Lipinski definition) is 4. The molecule has 0 atom stereocenters. The normalized spacial score (nSPS) is 16.4. The SMILES string of the molecule is Cl.c1ccc2nc(SC3CCNCC3)cnc2c1. The summed E-state index contributed by atoms with van der Waals surface area (Å²) >= 11 is 1.87. The van der Waals surface area contributed by atoms with Crippen molar-refractivity contribution in [2.45, 2.75) is 23.1 Å². The number of nitrogens with one attached hydrogen (secondary N) is 1. The molecule has 0 aliphatic carbocycles. The highest BCUT2D eigenvalue weighted by atomic mass is 35.5. The standard InChI is InChI=1S/C13H15N3S.ClH/c1-2-4-12-11(3-1)15-9-13(16-12)17-10-5-7-14-8-6-10;/h1-4,9-10,14H,5-8H2;1H. The third kappa shape index (κ3) is 3.13. The van der Waals surface area contributed by atoms with Crippen molar-refractivity contribution in [3.63, 3.8) is 0 Å². The fourth-order valence-electron chi connectivity index (χ4n) is 2.08. The molecule has 0 radical (unpaired) electrons. The topological polar surface area (TPSA) is 37.8 Å². The summed E-state index contributed by atoms with van der Waals surface area (Å²) in [5.74, 6) is 0. The molecule has 1 aromatic heterocycles. The summed E-state index contributed by atoms with van der Waals surface area (Å²) in [4.78, 5) is 9.10. The summed E-state index contributed by atoms with van der Waals surface area (Å²) < 4.78 is 0. The van der Waals surface area contributed by atoms with Crippen LogP contribution < -0.4 is 5.32 Å². The Balaban J connectivity index is 0.00000120. The Bertz CT molecular complexity index is 514. The predicted molar refractivity (Wildman–Crippen MR) is 78.5 cm³/mol. The summed E-state index contributed by atoms with van der Waals surface area (Å²) in [6, 6.07) is 8.03. The monoisotopic (exact) mass is 281 g/mol. The molecule has 0 spiro atoms. The van der Waals surface area contributed by atoms with Crippen LogP contribution in [0.1, 0.15) is 12.8 Å². The Hall–Kier alpha value is -0.840. The Kier molecular flexibility index (Phi) is 4.80. The lowest BCUT2D eigenvalue weighted by atomic mass is 10.2. The van der Waals surface area contributed by atoms with Crippen LogP contribution in [0.15, 0.2) is 35.5 Å². The summed E-state index contributed by atoms with van der Waals surface area (Å²) in [5, 5.41) is 5.12. The predicted octanol–water partition coefficient (Wildman–Crippen LogP) is 2.90. The van der Waals surface area contributed by atoms with Crippen LogP contribution in [0, 0.1) is 0 Å². The second kappa shape index (κ2) is 6.36. The molecule has 0 saturated carbocycles. The number of rotatable bonds is 2. The van der Waals surface area contributed by atoms with E-state index in [4.69, 9.17) is 0 Å². The Morgan fingerprint density at radius 1 is 1.11 bits per heavy atom. The van der Waals surface area contributed by atoms with Crippen molar-refractivity contribution in [2.75, 3.05) is 13.1 Å². The van der Waals surface area contributed by atoms with Gasteiger partial charge in [0.1, 0.15) is 5.03 Å². The minimum atomic E-state index is 0. The third-order valence-corrected chi connectivity index (χ3v) is 4.24. The number of aromatic nitrogens is 2. The molecule has 1 aliphatic heterocycles. The molecule has 0 amide bonds. The summed E-state index contributed by atoms with van der Waals surface area (Å²) in [6.45, 7) is 2.25. The molecule has 3 rings (SSSR count). The quantitative estimate of drug-likeness (QED) is 0.919. The van der Waals surface area contributed by atoms with Crippen molar-refractivity contribution in [3.05, 3.63) is 30.5 Å². The summed E-state index contributed by atoms with van der Waals surface area (Å²) in [5.41, 5.74) is 1.97. The van der Waals surface area contributed by atoms with Crippen LogP contribution in [0.3, 0.4) is 0 Å². The van der Waals surface area contributed by atoms with Gasteiger partial charge in [-0.2, -0.15) is 0 Å². The number of halogens is 1. The van der Waals surface area contributed by atoms with Gasteiger partial charge in [0.2, 0.25) is 0 Å². The molecule has 18 heavy (non-hydrogen) atoms. The molecule has 1 N–H and O–H groups in total. The maximum absolute atomic E-state index is 4.65. The smallest absolute Gasteiger partial charge is 0.115 e. The van der Waals surface area contributed by atoms with E-state index in [-0.39, 0.29) is 12.4 Å². The zero-order chi connectivity index (χ0) is 11.5. The Morgan fingerprint density at radius 2 is 1.83 bits per heavy atom. The Morgan fingerprint density at radius 3 is 2.61 bits per heavy atom. The molecule has 5 heteroatoms. The average Bonchev–Trinajstić information content (AvgIpc) is 2.40. The highest BCUT2D eigenvalue weighted by Gasteiger charge is 2.15. The zero-order valence-electron chi connectivity index (χ0n) is 10.0. The van der Waals surface area contributed by atoms with Gasteiger partial charge in [0.15, 0.2) is 0 Å². The average molecular weight is 282 g/mol. The highest BCUT2D eigenvalue weighted by Crippen LogP contribution is 2.27. The lowest BCUT2D eigenvalue weighted by Crippen LogP contribution is -2.29. The molecule has 1 saturated heterocycles. The van der Waals surface area contributed by atoms with E-state index in [1.165, 1.54) is 12.8 Å². The first-order chi connectivity index (χ1) is 8.42. The van der Waals surface area contributed by atoms with Crippen molar-refractivity contribution in [3.8, 4) is 0 Å². The van der Waals surface area contributed by atoms with Crippen LogP contribution in [0.4, 0.5) is 0 Å². The van der Waals surface area contributed by atoms with Crippen LogP contribution in [0.2, 0.25) is 0 Å². The first kappa shape index (κ1) is 13.6. The third-order valence-electron chi connectivity index (χ3n) is 3.00. The minimum absolute atomic E-state index is 0. The molecule has 1 fully saturated rings. The molecule has 0 unspecified atom stereocenters. The van der Waals surface area contributed by atoms with E-state index in [1.807, 2.05) is 42.2 Å². The molecule has 1 aromatic carbocycles. The van der Waals surface area contributed by atoms with E-state index in [9.17, 15) is 0 Å². The van der Waals surface area contributed by atoms with Crippen LogP contribution >= 0.6 is 24.2 Å². The van der Waals surface area contributed by atoms with Gasteiger partial charge < -0.3 is 5.32 Å². The molecule has 96 valence electrons. The highest BCUT2D eigenvalue weighted by molar-refractivity contribution is 7.99. The van der Waals surface area contributed by atoms with Crippen molar-refractivity contribution >= 4 is 35.2 Å². The second-order valence-corrected chi connectivity index (χ2v) is 5.58. The van der Waals surface area contributed by atoms with Crippen LogP contribution in [-0.2, 0) is 0 Å². The fraction of sp³-hybridized carbons (Fsp3) is 0.385. The van der Waals surface area contributed by atoms with Gasteiger partial charge in [-0.25, -0.2) is 4.98 Å². The van der Waals surface area contributed by atoms with Crippen LogP contribution in [0.5, 0.6) is 0 Å². The van der Waals surface area contributed by atoms with E-state index in [0.29, 0.717) is 5.25 Å². The van der Waals surface area contributed by atoms with Gasteiger partial charge in [-0.1, -0.05) is 12.1 Å². The van der Waals surface area contributed by atoms with Gasteiger partial charge in [-0.15, -0.1) is 24.2 Å². The van der Waals surface area contributed by atoms with Gasteiger partial charge in [0.05, 0.1) is 17.2 Å². The van der Waals surface area contributed by atoms with E-state index in [2.05, 4.69) is 15.3 Å². The maximum Gasteiger partial charge on any atom is 0.115 e. The zero-order valence-corrected chi connectivity index (χ0v) is 11.6. The first-order valence-corrected chi connectivity index (χ1v) is 6.89. The second-order valence-electron chi connectivity index (χ2n) is 4.26. The first-order valence-electron chi connectivity index (χ1n) is 6.01. The van der Waals surface area contributed by atoms with Gasteiger partial charge in [-0.05, 0) is 38.1 Å². The minimum Gasteiger partial charge on any atom is -0.317 e. The number of fused-ring (bicyclic) bond motifs is 1. The van der Waals surface area contributed by atoms with E-state index in [1.54, 1.807) is 0 Å². The molecule has 1 aliphatic rings. The van der Waals surface area contributed by atoms with E-state index >= 15 is 0 Å². The fourth-order valence-corrected chi connectivity index (χ4v) is 3.16. The lowest BCUT2D eigenvalue weighted by molar-refractivity contribution is 0.531. The number of thioether (sulfide) groups is 1. The van der Waals surface area contributed by atoms with Crippen molar-refractivity contribution < 1.29 is 0 Å². The summed E-state index contributed by atoms with van der Waals surface area (Å²) in [7, 11) is 0. The molecule has 3 nitrogen and oxygen atoms in total. The molecular weight excluding hydrogens is 266 g/mol. The Labute approximate surface area is 117 Å². The molecule has 2 heterocycles. The van der Waals surface area contributed by atoms with Crippen molar-refractivity contribution in [1.82, 2.24) is 15.3 Å². The van der Waals surface area contributed by atoms with Gasteiger partial charge >= 0.3 is 0 Å². The van der Waals surface area contributed by atoms with E-state index < -0.39 is 0 Å². The number of para-hydroxylation sites is 2. The van der Waals surface area contributed by atoms with Crippen LogP contribution in [-0.4, -0.2) is 28.3 Å². The molecule has 2 aromatic rings. The van der Waals surface area contributed by atoms with E-state index in [0.717, 1.165) is 29.1 Å². The van der Waals surface area contributed by atoms with Gasteiger partial charge in [0, 0.05) is 5.25 Å². The number of piperidine rings is 1. The summed E-state index contributed by atoms with van der Waals surface area (Å²) in [6.07, 6.45) is 4.34. The molecular formula is C13H16ClN3S. The number of nitrogens with zero attached hydrogens (tertiary/aromatic N) is 2.